The van der Waals surface area contributed by atoms with Crippen molar-refractivity contribution in [3.8, 4) is 16.8 Å². The van der Waals surface area contributed by atoms with Crippen molar-refractivity contribution in [1.29, 1.82) is 0 Å². The van der Waals surface area contributed by atoms with Crippen molar-refractivity contribution in [2.24, 2.45) is 0 Å². The minimum absolute atomic E-state index is 0.0676. The third-order valence-electron chi connectivity index (χ3n) is 7.99. The van der Waals surface area contributed by atoms with E-state index in [1.807, 2.05) is 0 Å². The molecule has 1 aliphatic heterocycles. The molecule has 2 heteroatoms. The van der Waals surface area contributed by atoms with Crippen molar-refractivity contribution in [2.45, 2.75) is 19.3 Å². The lowest BCUT2D eigenvalue weighted by atomic mass is 9.73. The molecule has 0 fully saturated rings. The van der Waals surface area contributed by atoms with Gasteiger partial charge in [-0.1, -0.05) is 80.6 Å². The van der Waals surface area contributed by atoms with Gasteiger partial charge in [-0.3, -0.25) is 0 Å². The number of benzene rings is 5. The zero-order valence-electron chi connectivity index (χ0n) is 20.9. The van der Waals surface area contributed by atoms with Crippen LogP contribution in [0.25, 0.3) is 38.6 Å². The van der Waals surface area contributed by atoms with E-state index in [1.165, 1.54) is 61.1 Å². The maximum atomic E-state index is 2.40. The molecule has 0 unspecified atom stereocenters. The maximum absolute atomic E-state index is 2.40. The quantitative estimate of drug-likeness (QED) is 0.248. The summed E-state index contributed by atoms with van der Waals surface area (Å²) in [4.78, 5) is 2.33. The molecule has 36 heavy (non-hydrogen) atoms. The number of anilines is 2. The van der Waals surface area contributed by atoms with Crippen molar-refractivity contribution in [3.05, 3.63) is 126 Å². The first-order valence-electron chi connectivity index (χ1n) is 12.6. The van der Waals surface area contributed by atoms with Gasteiger partial charge in [-0.05, 0) is 70.8 Å². The Kier molecular flexibility index (Phi) is 4.44. The van der Waals surface area contributed by atoms with Gasteiger partial charge in [0.1, 0.15) is 0 Å². The SMILES string of the molecule is CN1c2ccccc2C(C)(C)c2cc(-c3ccc4c(c3)c3ccccc3n4-c3ccccc3)ccc21. The highest BCUT2D eigenvalue weighted by molar-refractivity contribution is 6.10. The Morgan fingerprint density at radius 2 is 1.17 bits per heavy atom. The molecule has 1 aromatic heterocycles. The van der Waals surface area contributed by atoms with E-state index >= 15 is 0 Å². The summed E-state index contributed by atoms with van der Waals surface area (Å²) in [6.07, 6.45) is 0. The molecule has 2 heterocycles. The summed E-state index contributed by atoms with van der Waals surface area (Å²) in [5, 5.41) is 2.57. The van der Waals surface area contributed by atoms with Gasteiger partial charge in [0.2, 0.25) is 0 Å². The van der Waals surface area contributed by atoms with Crippen LogP contribution in [0.5, 0.6) is 0 Å². The number of hydrogen-bond donors (Lipinski definition) is 0. The second kappa shape index (κ2) is 7.60. The first-order valence-corrected chi connectivity index (χ1v) is 12.6. The Balaban J connectivity index is 1.42. The second-order valence-electron chi connectivity index (χ2n) is 10.4. The van der Waals surface area contributed by atoms with E-state index in [0.29, 0.717) is 0 Å². The summed E-state index contributed by atoms with van der Waals surface area (Å²) in [5.74, 6) is 0. The lowest BCUT2D eigenvalue weighted by Crippen LogP contribution is -2.30. The molecule has 0 spiro atoms. The summed E-state index contributed by atoms with van der Waals surface area (Å²) in [5.41, 5.74) is 11.4. The minimum Gasteiger partial charge on any atom is -0.344 e. The standard InChI is InChI=1S/C34H28N2/c1-34(2)28-14-8-10-16-32(28)35(3)33-20-18-24(22-29(33)34)23-17-19-31-27(21-23)26-13-7-9-15-30(26)36(31)25-11-5-4-6-12-25/h4-22H,1-3H3. The molecular formula is C34H28N2. The van der Waals surface area contributed by atoms with E-state index in [9.17, 15) is 0 Å². The van der Waals surface area contributed by atoms with Crippen LogP contribution >= 0.6 is 0 Å². The predicted molar refractivity (Wildman–Crippen MR) is 153 cm³/mol. The number of nitrogens with zero attached hydrogens (tertiary/aromatic N) is 2. The Morgan fingerprint density at radius 3 is 2.03 bits per heavy atom. The molecule has 5 aromatic carbocycles. The second-order valence-corrected chi connectivity index (χ2v) is 10.4. The van der Waals surface area contributed by atoms with E-state index in [1.54, 1.807) is 0 Å². The van der Waals surface area contributed by atoms with Crippen molar-refractivity contribution >= 4 is 33.2 Å². The van der Waals surface area contributed by atoms with Crippen molar-refractivity contribution in [1.82, 2.24) is 4.57 Å². The molecule has 1 aliphatic rings. The van der Waals surface area contributed by atoms with E-state index in [2.05, 4.69) is 146 Å². The van der Waals surface area contributed by atoms with Crippen molar-refractivity contribution in [2.75, 3.05) is 11.9 Å². The molecule has 0 aliphatic carbocycles. The van der Waals surface area contributed by atoms with Crippen molar-refractivity contribution in [3.63, 3.8) is 0 Å². The van der Waals surface area contributed by atoms with Crippen LogP contribution in [0.4, 0.5) is 11.4 Å². The normalized spacial score (nSPS) is 14.1. The number of para-hydroxylation sites is 3. The van der Waals surface area contributed by atoms with Gasteiger partial charge >= 0.3 is 0 Å². The summed E-state index contributed by atoms with van der Waals surface area (Å²) in [7, 11) is 2.18. The van der Waals surface area contributed by atoms with Gasteiger partial charge in [0.25, 0.3) is 0 Å². The minimum atomic E-state index is -0.0676. The zero-order chi connectivity index (χ0) is 24.4. The van der Waals surface area contributed by atoms with Gasteiger partial charge in [0.15, 0.2) is 0 Å². The van der Waals surface area contributed by atoms with Crippen molar-refractivity contribution < 1.29 is 0 Å². The Bertz CT molecular complexity index is 1770. The molecule has 2 nitrogen and oxygen atoms in total. The molecule has 6 aromatic rings. The van der Waals surface area contributed by atoms with Gasteiger partial charge in [-0.25, -0.2) is 0 Å². The average molecular weight is 465 g/mol. The number of rotatable bonds is 2. The smallest absolute Gasteiger partial charge is 0.0541 e. The highest BCUT2D eigenvalue weighted by atomic mass is 15.1. The van der Waals surface area contributed by atoms with Gasteiger partial charge in [0.05, 0.1) is 11.0 Å². The van der Waals surface area contributed by atoms with Gasteiger partial charge < -0.3 is 9.47 Å². The van der Waals surface area contributed by atoms with Crippen LogP contribution in [0.1, 0.15) is 25.0 Å². The number of hydrogen-bond acceptors (Lipinski definition) is 1. The van der Waals surface area contributed by atoms with Gasteiger partial charge in [-0.2, -0.15) is 0 Å². The molecule has 0 saturated carbocycles. The maximum Gasteiger partial charge on any atom is 0.0541 e. The van der Waals surface area contributed by atoms with Crippen LogP contribution in [0.15, 0.2) is 115 Å². The van der Waals surface area contributed by atoms with Crippen LogP contribution in [-0.2, 0) is 5.41 Å². The Morgan fingerprint density at radius 1 is 0.528 bits per heavy atom. The average Bonchev–Trinajstić information content (AvgIpc) is 3.26. The number of fused-ring (bicyclic) bond motifs is 5. The van der Waals surface area contributed by atoms with Crippen LogP contribution in [0, 0.1) is 0 Å². The van der Waals surface area contributed by atoms with Crippen LogP contribution < -0.4 is 4.90 Å². The third kappa shape index (κ3) is 2.91. The van der Waals surface area contributed by atoms with Gasteiger partial charge in [0, 0.05) is 40.3 Å². The van der Waals surface area contributed by atoms with E-state index in [0.717, 1.165) is 0 Å². The third-order valence-corrected chi connectivity index (χ3v) is 7.99. The van der Waals surface area contributed by atoms with E-state index < -0.39 is 0 Å². The molecule has 0 radical (unpaired) electrons. The molecule has 0 saturated heterocycles. The lowest BCUT2D eigenvalue weighted by molar-refractivity contribution is 0.630. The molecule has 0 amide bonds. The Hall–Kier alpha value is -4.30. The van der Waals surface area contributed by atoms with Crippen LogP contribution in [0.3, 0.4) is 0 Å². The summed E-state index contributed by atoms with van der Waals surface area (Å²) in [6, 6.07) is 42.0. The predicted octanol–water partition coefficient (Wildman–Crippen LogP) is 8.86. The number of aromatic nitrogens is 1. The monoisotopic (exact) mass is 464 g/mol. The van der Waals surface area contributed by atoms with Crippen LogP contribution in [-0.4, -0.2) is 11.6 Å². The zero-order valence-corrected chi connectivity index (χ0v) is 20.9. The summed E-state index contributed by atoms with van der Waals surface area (Å²) in [6.45, 7) is 4.69. The molecule has 174 valence electrons. The molecule has 7 rings (SSSR count). The van der Waals surface area contributed by atoms with E-state index in [4.69, 9.17) is 0 Å². The molecular weight excluding hydrogens is 436 g/mol. The molecule has 0 N–H and O–H groups in total. The fourth-order valence-corrected chi connectivity index (χ4v) is 6.09. The first-order chi connectivity index (χ1) is 17.5. The fourth-order valence-electron chi connectivity index (χ4n) is 6.09. The highest BCUT2D eigenvalue weighted by Gasteiger charge is 2.35. The molecule has 0 atom stereocenters. The lowest BCUT2D eigenvalue weighted by Gasteiger charge is -2.40. The molecule has 0 bridgehead atoms. The first kappa shape index (κ1) is 21.0. The van der Waals surface area contributed by atoms with E-state index in [-0.39, 0.29) is 5.41 Å². The highest BCUT2D eigenvalue weighted by Crippen LogP contribution is 2.49. The fraction of sp³-hybridized carbons (Fsp3) is 0.118. The Labute approximate surface area is 212 Å². The topological polar surface area (TPSA) is 8.17 Å². The summed E-state index contributed by atoms with van der Waals surface area (Å²) < 4.78 is 2.37. The van der Waals surface area contributed by atoms with Gasteiger partial charge in [-0.15, -0.1) is 0 Å². The largest absolute Gasteiger partial charge is 0.344 e. The van der Waals surface area contributed by atoms with Crippen LogP contribution in [0.2, 0.25) is 0 Å². The summed E-state index contributed by atoms with van der Waals surface area (Å²) >= 11 is 0.